The second-order valence-electron chi connectivity index (χ2n) is 4.39. The highest BCUT2D eigenvalue weighted by Crippen LogP contribution is 2.23. The van der Waals surface area contributed by atoms with E-state index in [1.807, 2.05) is 13.1 Å². The van der Waals surface area contributed by atoms with Crippen molar-refractivity contribution in [3.05, 3.63) is 16.9 Å². The lowest BCUT2D eigenvalue weighted by atomic mass is 10.1. The van der Waals surface area contributed by atoms with Crippen LogP contribution in [0.5, 0.6) is 0 Å². The van der Waals surface area contributed by atoms with Gasteiger partial charge < -0.3 is 4.90 Å². The molecule has 0 amide bonds. The lowest BCUT2D eigenvalue weighted by molar-refractivity contribution is 0.183. The Balaban J connectivity index is 1.79. The highest BCUT2D eigenvalue weighted by Gasteiger charge is 2.20. The number of nitrogens with zero attached hydrogens (tertiary/aromatic N) is 3. The highest BCUT2D eigenvalue weighted by molar-refractivity contribution is 9.10. The summed E-state index contributed by atoms with van der Waals surface area (Å²) in [5, 5.41) is 4.37. The van der Waals surface area contributed by atoms with E-state index in [0.717, 1.165) is 30.5 Å². The van der Waals surface area contributed by atoms with Crippen LogP contribution in [0.4, 0.5) is 0 Å². The zero-order chi connectivity index (χ0) is 12.1. The fourth-order valence-corrected chi connectivity index (χ4v) is 2.56. The van der Waals surface area contributed by atoms with E-state index in [-0.39, 0.29) is 0 Å². The molecule has 0 unspecified atom stereocenters. The van der Waals surface area contributed by atoms with Gasteiger partial charge in [0.15, 0.2) is 0 Å². The van der Waals surface area contributed by atoms with Gasteiger partial charge in [-0.3, -0.25) is 4.68 Å². The third-order valence-corrected chi connectivity index (χ3v) is 3.64. The Morgan fingerprint density at radius 2 is 2.24 bits per heavy atom. The first kappa shape index (κ1) is 12.7. The maximum atomic E-state index is 4.37. The van der Waals surface area contributed by atoms with Crippen LogP contribution in [0.25, 0.3) is 0 Å². The van der Waals surface area contributed by atoms with Crippen LogP contribution in [0.2, 0.25) is 0 Å². The average molecular weight is 296 g/mol. The predicted octanol–water partition coefficient (Wildman–Crippen LogP) is 2.70. The molecule has 1 aliphatic rings. The van der Waals surface area contributed by atoms with Gasteiger partial charge in [-0.2, -0.15) is 5.10 Å². The molecular weight excluding hydrogens is 278 g/mol. The van der Waals surface area contributed by atoms with Gasteiger partial charge >= 0.3 is 0 Å². The molecule has 0 bridgehead atoms. The maximum absolute atomic E-state index is 4.37. The molecule has 0 atom stereocenters. The number of likely N-dealkylation sites (tertiary alicyclic amines) is 1. The quantitative estimate of drug-likeness (QED) is 0.800. The van der Waals surface area contributed by atoms with Crippen LogP contribution in [0.15, 0.2) is 16.9 Å². The molecule has 0 saturated carbocycles. The summed E-state index contributed by atoms with van der Waals surface area (Å²) in [6.07, 6.45) is 7.31. The van der Waals surface area contributed by atoms with Gasteiger partial charge in [0.1, 0.15) is 0 Å². The van der Waals surface area contributed by atoms with E-state index in [1.54, 1.807) is 0 Å². The van der Waals surface area contributed by atoms with Crippen molar-refractivity contribution in [3.63, 3.8) is 0 Å². The average Bonchev–Trinajstić information content (AvgIpc) is 2.77. The first-order chi connectivity index (χ1) is 8.29. The second kappa shape index (κ2) is 6.23. The van der Waals surface area contributed by atoms with E-state index in [4.69, 9.17) is 0 Å². The van der Waals surface area contributed by atoms with Crippen LogP contribution in [0.3, 0.4) is 0 Å². The van der Waals surface area contributed by atoms with Crippen LogP contribution in [-0.4, -0.2) is 34.3 Å². The third kappa shape index (κ3) is 3.58. The SMILES string of the molecule is CC#CCCN1CCC(n2cc(Br)cn2)CC1. The van der Waals surface area contributed by atoms with Gasteiger partial charge in [-0.05, 0) is 35.7 Å². The standard InChI is InChI=1S/C13H18BrN3/c1-2-3-4-7-16-8-5-13(6-9-16)17-11-12(14)10-15-17/h10-11,13H,4-9H2,1H3. The van der Waals surface area contributed by atoms with E-state index >= 15 is 0 Å². The van der Waals surface area contributed by atoms with E-state index in [9.17, 15) is 0 Å². The molecule has 92 valence electrons. The van der Waals surface area contributed by atoms with Crippen molar-refractivity contribution < 1.29 is 0 Å². The van der Waals surface area contributed by atoms with Crippen molar-refractivity contribution in [2.45, 2.75) is 32.2 Å². The van der Waals surface area contributed by atoms with Crippen molar-refractivity contribution in [1.29, 1.82) is 0 Å². The van der Waals surface area contributed by atoms with Gasteiger partial charge in [0, 0.05) is 32.3 Å². The van der Waals surface area contributed by atoms with Crippen LogP contribution in [0, 0.1) is 11.8 Å². The maximum Gasteiger partial charge on any atom is 0.0632 e. The molecule has 1 fully saturated rings. The Hall–Kier alpha value is -0.790. The molecule has 0 radical (unpaired) electrons. The van der Waals surface area contributed by atoms with Crippen molar-refractivity contribution >= 4 is 15.9 Å². The van der Waals surface area contributed by atoms with E-state index in [2.05, 4.69) is 48.6 Å². The number of halogens is 1. The fraction of sp³-hybridized carbons (Fsp3) is 0.615. The first-order valence-electron chi connectivity index (χ1n) is 6.11. The van der Waals surface area contributed by atoms with Crippen LogP contribution >= 0.6 is 15.9 Å². The Morgan fingerprint density at radius 3 is 2.82 bits per heavy atom. The smallest absolute Gasteiger partial charge is 0.0632 e. The predicted molar refractivity (Wildman–Crippen MR) is 72.7 cm³/mol. The molecule has 4 heteroatoms. The number of piperidine rings is 1. The third-order valence-electron chi connectivity index (χ3n) is 3.23. The minimum Gasteiger partial charge on any atom is -0.302 e. The lowest BCUT2D eigenvalue weighted by Crippen LogP contribution is -2.35. The monoisotopic (exact) mass is 295 g/mol. The normalized spacial score (nSPS) is 17.8. The Kier molecular flexibility index (Phi) is 4.64. The summed E-state index contributed by atoms with van der Waals surface area (Å²) in [6, 6.07) is 0.565. The summed E-state index contributed by atoms with van der Waals surface area (Å²) in [5.41, 5.74) is 0. The Labute approximate surface area is 111 Å². The first-order valence-corrected chi connectivity index (χ1v) is 6.90. The molecule has 3 nitrogen and oxygen atoms in total. The zero-order valence-corrected chi connectivity index (χ0v) is 11.8. The van der Waals surface area contributed by atoms with Gasteiger partial charge in [-0.1, -0.05) is 0 Å². The summed E-state index contributed by atoms with van der Waals surface area (Å²) in [6.45, 7) is 5.33. The van der Waals surface area contributed by atoms with Crippen LogP contribution < -0.4 is 0 Å². The highest BCUT2D eigenvalue weighted by atomic mass is 79.9. The molecule has 0 N–H and O–H groups in total. The molecule has 0 aliphatic carbocycles. The van der Waals surface area contributed by atoms with Gasteiger partial charge in [0.25, 0.3) is 0 Å². The van der Waals surface area contributed by atoms with Gasteiger partial charge in [-0.25, -0.2) is 0 Å². The molecule has 2 rings (SSSR count). The zero-order valence-electron chi connectivity index (χ0n) is 10.2. The number of aromatic nitrogens is 2. The molecular formula is C13H18BrN3. The van der Waals surface area contributed by atoms with Crippen molar-refractivity contribution in [2.75, 3.05) is 19.6 Å². The molecule has 0 spiro atoms. The molecule has 2 heterocycles. The summed E-state index contributed by atoms with van der Waals surface area (Å²) in [4.78, 5) is 2.50. The molecule has 17 heavy (non-hydrogen) atoms. The summed E-state index contributed by atoms with van der Waals surface area (Å²) < 4.78 is 3.16. The van der Waals surface area contributed by atoms with E-state index in [0.29, 0.717) is 6.04 Å². The van der Waals surface area contributed by atoms with Gasteiger partial charge in [0.05, 0.1) is 16.7 Å². The number of hydrogen-bond acceptors (Lipinski definition) is 2. The molecule has 1 aromatic rings. The lowest BCUT2D eigenvalue weighted by Gasteiger charge is -2.31. The van der Waals surface area contributed by atoms with Gasteiger partial charge in [0.2, 0.25) is 0 Å². The van der Waals surface area contributed by atoms with Crippen LogP contribution in [0.1, 0.15) is 32.2 Å². The van der Waals surface area contributed by atoms with Crippen molar-refractivity contribution in [3.8, 4) is 11.8 Å². The summed E-state index contributed by atoms with van der Waals surface area (Å²) in [7, 11) is 0. The summed E-state index contributed by atoms with van der Waals surface area (Å²) in [5.74, 6) is 6.08. The largest absolute Gasteiger partial charge is 0.302 e. The molecule has 1 saturated heterocycles. The van der Waals surface area contributed by atoms with Crippen LogP contribution in [-0.2, 0) is 0 Å². The summed E-state index contributed by atoms with van der Waals surface area (Å²) >= 11 is 3.44. The molecule has 0 aromatic carbocycles. The van der Waals surface area contributed by atoms with Crippen molar-refractivity contribution in [1.82, 2.24) is 14.7 Å². The Morgan fingerprint density at radius 1 is 1.47 bits per heavy atom. The van der Waals surface area contributed by atoms with Crippen molar-refractivity contribution in [2.24, 2.45) is 0 Å². The number of rotatable bonds is 3. The topological polar surface area (TPSA) is 21.1 Å². The minimum atomic E-state index is 0.565. The Bertz CT molecular complexity index is 408. The fourth-order valence-electron chi connectivity index (χ4n) is 2.26. The number of hydrogen-bond donors (Lipinski definition) is 0. The molecule has 1 aliphatic heterocycles. The minimum absolute atomic E-state index is 0.565. The van der Waals surface area contributed by atoms with E-state index in [1.165, 1.54) is 12.8 Å². The molecule has 1 aromatic heterocycles. The van der Waals surface area contributed by atoms with E-state index < -0.39 is 0 Å². The van der Waals surface area contributed by atoms with Gasteiger partial charge in [-0.15, -0.1) is 11.8 Å². The second-order valence-corrected chi connectivity index (χ2v) is 5.30.